The van der Waals surface area contributed by atoms with Crippen molar-refractivity contribution in [3.63, 3.8) is 0 Å². The Kier molecular flexibility index (Phi) is 9.72. The standard InChI is InChI=1S/C31H40N4O7/c1-31(2,3)42-30(39)34-16-14-33(15-17-34)18-21-8-10-22(11-9-21)20-41-26-7-5-6-23-24(26)19-35(29(23)38)25(28(32)37)12-13-27(36)40-4/h5-11,25H,12-20H2,1-4H3,(H2,32,37). The van der Waals surface area contributed by atoms with Crippen LogP contribution >= 0.6 is 0 Å². The van der Waals surface area contributed by atoms with Crippen LogP contribution in [0.5, 0.6) is 5.75 Å². The highest BCUT2D eigenvalue weighted by Gasteiger charge is 2.37. The second-order valence-corrected chi connectivity index (χ2v) is 11.6. The number of nitrogens with two attached hydrogens (primary N) is 1. The number of rotatable bonds is 10. The number of esters is 1. The summed E-state index contributed by atoms with van der Waals surface area (Å²) in [4.78, 5) is 54.6. The van der Waals surface area contributed by atoms with Crippen molar-refractivity contribution in [1.29, 1.82) is 0 Å². The summed E-state index contributed by atoms with van der Waals surface area (Å²) in [6, 6.07) is 12.5. The van der Waals surface area contributed by atoms with Crippen molar-refractivity contribution in [2.24, 2.45) is 5.73 Å². The first-order chi connectivity index (χ1) is 19.9. The zero-order valence-corrected chi connectivity index (χ0v) is 24.8. The van der Waals surface area contributed by atoms with E-state index in [-0.39, 0.29) is 31.4 Å². The zero-order valence-electron chi connectivity index (χ0n) is 24.8. The molecule has 11 nitrogen and oxygen atoms in total. The Bertz CT molecular complexity index is 1300. The number of fused-ring (bicyclic) bond motifs is 1. The molecule has 2 N–H and O–H groups in total. The van der Waals surface area contributed by atoms with Crippen molar-refractivity contribution in [2.75, 3.05) is 33.3 Å². The van der Waals surface area contributed by atoms with E-state index in [2.05, 4.69) is 21.8 Å². The molecule has 2 aliphatic heterocycles. The summed E-state index contributed by atoms with van der Waals surface area (Å²) < 4.78 is 16.3. The normalized spacial score (nSPS) is 16.1. The smallest absolute Gasteiger partial charge is 0.410 e. The lowest BCUT2D eigenvalue weighted by Gasteiger charge is -2.35. The molecule has 0 aliphatic carbocycles. The number of piperazine rings is 1. The fraction of sp³-hybridized carbons (Fsp3) is 0.484. The number of hydrogen-bond donors (Lipinski definition) is 1. The Hall–Kier alpha value is -4.12. The lowest BCUT2D eigenvalue weighted by molar-refractivity contribution is -0.141. The first-order valence-corrected chi connectivity index (χ1v) is 14.1. The minimum Gasteiger partial charge on any atom is -0.489 e. The van der Waals surface area contributed by atoms with Gasteiger partial charge in [0.15, 0.2) is 0 Å². The minimum atomic E-state index is -0.926. The van der Waals surface area contributed by atoms with Gasteiger partial charge in [0.25, 0.3) is 5.91 Å². The number of ether oxygens (including phenoxy) is 3. The summed E-state index contributed by atoms with van der Waals surface area (Å²) in [5, 5.41) is 0. The third kappa shape index (κ3) is 7.79. The molecule has 0 radical (unpaired) electrons. The highest BCUT2D eigenvalue weighted by molar-refractivity contribution is 6.01. The van der Waals surface area contributed by atoms with Gasteiger partial charge in [-0.1, -0.05) is 30.3 Å². The van der Waals surface area contributed by atoms with Crippen LogP contribution in [-0.2, 0) is 38.8 Å². The first kappa shape index (κ1) is 30.8. The van der Waals surface area contributed by atoms with Crippen LogP contribution in [0.2, 0.25) is 0 Å². The van der Waals surface area contributed by atoms with Crippen LogP contribution < -0.4 is 10.5 Å². The lowest BCUT2D eigenvalue weighted by atomic mass is 10.1. The lowest BCUT2D eigenvalue weighted by Crippen LogP contribution is -2.49. The van der Waals surface area contributed by atoms with E-state index in [1.54, 1.807) is 23.1 Å². The largest absolute Gasteiger partial charge is 0.489 e. The third-order valence-electron chi connectivity index (χ3n) is 7.35. The van der Waals surface area contributed by atoms with E-state index in [1.165, 1.54) is 12.0 Å². The average molecular weight is 581 g/mol. The SMILES string of the molecule is COC(=O)CCC(C(N)=O)N1Cc2c(OCc3ccc(CN4CCN(C(=O)OC(C)(C)C)CC4)cc3)cccc2C1=O. The van der Waals surface area contributed by atoms with Crippen molar-refractivity contribution in [2.45, 2.75) is 65.0 Å². The Labute approximate surface area is 246 Å². The fourth-order valence-corrected chi connectivity index (χ4v) is 5.10. The van der Waals surface area contributed by atoms with E-state index in [0.717, 1.165) is 30.8 Å². The van der Waals surface area contributed by atoms with Crippen LogP contribution in [-0.4, -0.2) is 83.5 Å². The molecule has 4 rings (SSSR count). The molecular formula is C31H40N4O7. The number of nitrogens with zero attached hydrogens (tertiary/aromatic N) is 3. The van der Waals surface area contributed by atoms with Crippen LogP contribution in [0.3, 0.4) is 0 Å². The second kappa shape index (κ2) is 13.2. The predicted octanol–water partition coefficient (Wildman–Crippen LogP) is 3.08. The summed E-state index contributed by atoms with van der Waals surface area (Å²) in [5.41, 5.74) is 8.36. The Morgan fingerprint density at radius 3 is 2.26 bits per heavy atom. The number of benzene rings is 2. The molecule has 1 unspecified atom stereocenters. The molecule has 226 valence electrons. The molecule has 1 fully saturated rings. The average Bonchev–Trinajstić information content (AvgIpc) is 3.28. The molecule has 2 aromatic carbocycles. The summed E-state index contributed by atoms with van der Waals surface area (Å²) in [6.45, 7) is 9.68. The zero-order chi connectivity index (χ0) is 30.4. The van der Waals surface area contributed by atoms with Gasteiger partial charge in [-0.05, 0) is 50.5 Å². The summed E-state index contributed by atoms with van der Waals surface area (Å²) in [6.07, 6.45) is -0.200. The number of carbonyl (C=O) groups is 4. The maximum atomic E-state index is 13.1. The molecule has 1 atom stereocenters. The molecule has 0 bridgehead atoms. The Morgan fingerprint density at radius 2 is 1.64 bits per heavy atom. The molecule has 2 aliphatic rings. The van der Waals surface area contributed by atoms with Gasteiger partial charge in [-0.3, -0.25) is 19.3 Å². The molecular weight excluding hydrogens is 540 g/mol. The quantitative estimate of drug-likeness (QED) is 0.424. The van der Waals surface area contributed by atoms with Crippen molar-refractivity contribution < 1.29 is 33.4 Å². The van der Waals surface area contributed by atoms with Crippen molar-refractivity contribution >= 4 is 23.9 Å². The van der Waals surface area contributed by atoms with Crippen LogP contribution in [0.15, 0.2) is 42.5 Å². The van der Waals surface area contributed by atoms with Crippen molar-refractivity contribution in [3.8, 4) is 5.75 Å². The van der Waals surface area contributed by atoms with Crippen LogP contribution in [0, 0.1) is 0 Å². The fourth-order valence-electron chi connectivity index (χ4n) is 5.10. The van der Waals surface area contributed by atoms with Crippen molar-refractivity contribution in [1.82, 2.24) is 14.7 Å². The van der Waals surface area contributed by atoms with Gasteiger partial charge in [0.05, 0.1) is 13.7 Å². The van der Waals surface area contributed by atoms with Gasteiger partial charge in [0.1, 0.15) is 24.0 Å². The van der Waals surface area contributed by atoms with Crippen molar-refractivity contribution in [3.05, 3.63) is 64.7 Å². The van der Waals surface area contributed by atoms with Gasteiger partial charge in [-0.15, -0.1) is 0 Å². The molecule has 2 heterocycles. The van der Waals surface area contributed by atoms with Crippen LogP contribution in [0.1, 0.15) is 60.7 Å². The van der Waals surface area contributed by atoms with E-state index < -0.39 is 23.5 Å². The molecule has 0 aromatic heterocycles. The number of hydrogen-bond acceptors (Lipinski definition) is 8. The topological polar surface area (TPSA) is 132 Å². The van der Waals surface area contributed by atoms with Crippen LogP contribution in [0.4, 0.5) is 4.79 Å². The Balaban J connectivity index is 1.31. The number of carbonyl (C=O) groups excluding carboxylic acids is 4. The highest BCUT2D eigenvalue weighted by atomic mass is 16.6. The second-order valence-electron chi connectivity index (χ2n) is 11.6. The Morgan fingerprint density at radius 1 is 0.976 bits per heavy atom. The van der Waals surface area contributed by atoms with Gasteiger partial charge in [-0.2, -0.15) is 0 Å². The van der Waals surface area contributed by atoms with Crippen LogP contribution in [0.25, 0.3) is 0 Å². The van der Waals surface area contributed by atoms with Gasteiger partial charge >= 0.3 is 12.1 Å². The molecule has 1 saturated heterocycles. The van der Waals surface area contributed by atoms with Gasteiger partial charge < -0.3 is 29.7 Å². The van der Waals surface area contributed by atoms with E-state index in [0.29, 0.717) is 36.6 Å². The molecule has 11 heteroatoms. The molecule has 0 spiro atoms. The summed E-state index contributed by atoms with van der Waals surface area (Å²) >= 11 is 0. The highest BCUT2D eigenvalue weighted by Crippen LogP contribution is 2.33. The molecule has 42 heavy (non-hydrogen) atoms. The van der Waals surface area contributed by atoms with E-state index in [4.69, 9.17) is 15.2 Å². The van der Waals surface area contributed by atoms with Gasteiger partial charge in [0.2, 0.25) is 5.91 Å². The maximum absolute atomic E-state index is 13.1. The first-order valence-electron chi connectivity index (χ1n) is 14.1. The maximum Gasteiger partial charge on any atom is 0.410 e. The predicted molar refractivity (Wildman–Crippen MR) is 154 cm³/mol. The minimum absolute atomic E-state index is 0.0220. The van der Waals surface area contributed by atoms with Gasteiger partial charge in [-0.25, -0.2) is 4.79 Å². The number of amides is 3. The molecule has 0 saturated carbocycles. The van der Waals surface area contributed by atoms with E-state index in [1.807, 2.05) is 32.9 Å². The summed E-state index contributed by atoms with van der Waals surface area (Å²) in [5.74, 6) is -0.902. The van der Waals surface area contributed by atoms with E-state index in [9.17, 15) is 19.2 Å². The van der Waals surface area contributed by atoms with E-state index >= 15 is 0 Å². The molecule has 3 amide bonds. The number of primary amides is 1. The monoisotopic (exact) mass is 580 g/mol. The summed E-state index contributed by atoms with van der Waals surface area (Å²) in [7, 11) is 1.27. The van der Waals surface area contributed by atoms with Gasteiger partial charge in [0, 0.05) is 50.3 Å². The molecule has 2 aromatic rings. The number of methoxy groups -OCH3 is 1. The third-order valence-corrected chi connectivity index (χ3v) is 7.35.